The van der Waals surface area contributed by atoms with Crippen molar-refractivity contribution in [2.45, 2.75) is 70.6 Å². The van der Waals surface area contributed by atoms with Crippen molar-refractivity contribution in [3.05, 3.63) is 60.7 Å². The number of para-hydroxylation sites is 2. The first-order valence-corrected chi connectivity index (χ1v) is 10.9. The maximum atomic E-state index is 11.9. The molecule has 4 nitrogen and oxygen atoms in total. The van der Waals surface area contributed by atoms with Gasteiger partial charge in [0.1, 0.15) is 0 Å². The molecule has 2 amide bonds. The predicted molar refractivity (Wildman–Crippen MR) is 121 cm³/mol. The number of benzene rings is 2. The van der Waals surface area contributed by atoms with E-state index < -0.39 is 0 Å². The second kappa shape index (κ2) is 14.4. The summed E-state index contributed by atoms with van der Waals surface area (Å²) in [5.74, 6) is 0.208. The summed E-state index contributed by atoms with van der Waals surface area (Å²) in [6.45, 7) is 0. The van der Waals surface area contributed by atoms with Gasteiger partial charge in [-0.1, -0.05) is 81.3 Å². The zero-order valence-electron chi connectivity index (χ0n) is 17.4. The molecule has 0 atom stereocenters. The molecule has 0 spiro atoms. The fourth-order valence-corrected chi connectivity index (χ4v) is 3.30. The third kappa shape index (κ3) is 11.1. The summed E-state index contributed by atoms with van der Waals surface area (Å²) in [6.07, 6.45) is 11.4. The monoisotopic (exact) mass is 394 g/mol. The average Bonchev–Trinajstić information content (AvgIpc) is 2.73. The molecule has 0 aliphatic rings. The van der Waals surface area contributed by atoms with Gasteiger partial charge in [0.05, 0.1) is 0 Å². The minimum absolute atomic E-state index is 0.104. The van der Waals surface area contributed by atoms with Crippen LogP contribution in [0.15, 0.2) is 60.7 Å². The van der Waals surface area contributed by atoms with Crippen molar-refractivity contribution in [2.75, 3.05) is 10.6 Å². The molecular formula is C25H34N2O2. The number of nitrogens with one attached hydrogen (secondary N) is 2. The molecule has 0 aliphatic heterocycles. The Morgan fingerprint density at radius 2 is 0.793 bits per heavy atom. The molecule has 4 heteroatoms. The molecule has 0 saturated carbocycles. The van der Waals surface area contributed by atoms with Crippen molar-refractivity contribution in [3.63, 3.8) is 0 Å². The Balaban J connectivity index is 1.35. The number of amides is 2. The Bertz CT molecular complexity index is 640. The van der Waals surface area contributed by atoms with Crippen LogP contribution in [0.5, 0.6) is 0 Å². The minimum Gasteiger partial charge on any atom is -0.326 e. The summed E-state index contributed by atoms with van der Waals surface area (Å²) in [6, 6.07) is 19.2. The molecule has 156 valence electrons. The number of carbonyl (C=O) groups excluding carboxylic acids is 2. The van der Waals surface area contributed by atoms with Crippen LogP contribution < -0.4 is 10.6 Å². The van der Waals surface area contributed by atoms with E-state index in [4.69, 9.17) is 0 Å². The van der Waals surface area contributed by atoms with Crippen LogP contribution in [0.2, 0.25) is 0 Å². The molecule has 0 aromatic heterocycles. The zero-order chi connectivity index (χ0) is 20.6. The van der Waals surface area contributed by atoms with Crippen LogP contribution in [-0.2, 0) is 9.59 Å². The molecule has 2 rings (SSSR count). The summed E-state index contributed by atoms with van der Waals surface area (Å²) >= 11 is 0. The molecule has 0 unspecified atom stereocenters. The van der Waals surface area contributed by atoms with E-state index in [9.17, 15) is 9.59 Å². The van der Waals surface area contributed by atoms with Crippen molar-refractivity contribution in [2.24, 2.45) is 0 Å². The van der Waals surface area contributed by atoms with E-state index >= 15 is 0 Å². The van der Waals surface area contributed by atoms with E-state index in [1.165, 1.54) is 32.1 Å². The van der Waals surface area contributed by atoms with E-state index in [2.05, 4.69) is 10.6 Å². The topological polar surface area (TPSA) is 58.2 Å². The van der Waals surface area contributed by atoms with Crippen molar-refractivity contribution in [3.8, 4) is 0 Å². The SMILES string of the molecule is O=C(CCCCCCCCCCCC(=O)Nc1ccccc1)Nc1ccccc1. The van der Waals surface area contributed by atoms with E-state index in [-0.39, 0.29) is 11.8 Å². The lowest BCUT2D eigenvalue weighted by Crippen LogP contribution is -2.10. The summed E-state index contributed by atoms with van der Waals surface area (Å²) in [4.78, 5) is 23.7. The minimum atomic E-state index is 0.104. The van der Waals surface area contributed by atoms with Crippen molar-refractivity contribution in [1.29, 1.82) is 0 Å². The molecular weight excluding hydrogens is 360 g/mol. The van der Waals surface area contributed by atoms with Crippen LogP contribution >= 0.6 is 0 Å². The quantitative estimate of drug-likeness (QED) is 0.357. The largest absolute Gasteiger partial charge is 0.326 e. The number of carbonyl (C=O) groups is 2. The van der Waals surface area contributed by atoms with Crippen LogP contribution in [0.4, 0.5) is 11.4 Å². The van der Waals surface area contributed by atoms with Crippen LogP contribution in [0.25, 0.3) is 0 Å². The molecule has 2 N–H and O–H groups in total. The Morgan fingerprint density at radius 3 is 1.14 bits per heavy atom. The fraction of sp³-hybridized carbons (Fsp3) is 0.440. The molecule has 29 heavy (non-hydrogen) atoms. The van der Waals surface area contributed by atoms with Crippen molar-refractivity contribution >= 4 is 23.2 Å². The van der Waals surface area contributed by atoms with Crippen LogP contribution in [0.1, 0.15) is 70.6 Å². The summed E-state index contributed by atoms with van der Waals surface area (Å²) < 4.78 is 0. The van der Waals surface area contributed by atoms with Crippen LogP contribution in [0, 0.1) is 0 Å². The van der Waals surface area contributed by atoms with Gasteiger partial charge in [-0.25, -0.2) is 0 Å². The highest BCUT2D eigenvalue weighted by Gasteiger charge is 2.03. The first kappa shape index (κ1) is 22.7. The van der Waals surface area contributed by atoms with Crippen LogP contribution in [-0.4, -0.2) is 11.8 Å². The standard InChI is InChI=1S/C25H34N2O2/c28-24(26-22-16-10-8-11-17-22)20-14-6-4-2-1-3-5-7-15-21-25(29)27-23-18-12-9-13-19-23/h8-13,16-19H,1-7,14-15,20-21H2,(H,26,28)(H,27,29). The fourth-order valence-electron chi connectivity index (χ4n) is 3.30. The number of hydrogen-bond acceptors (Lipinski definition) is 2. The van der Waals surface area contributed by atoms with Gasteiger partial charge in [-0.3, -0.25) is 9.59 Å². The molecule has 0 aliphatic carbocycles. The highest BCUT2D eigenvalue weighted by atomic mass is 16.2. The smallest absolute Gasteiger partial charge is 0.224 e. The maximum absolute atomic E-state index is 11.9. The molecule has 2 aromatic rings. The van der Waals surface area contributed by atoms with E-state index in [0.29, 0.717) is 12.8 Å². The van der Waals surface area contributed by atoms with Gasteiger partial charge in [0.15, 0.2) is 0 Å². The first-order chi connectivity index (χ1) is 14.2. The van der Waals surface area contributed by atoms with Gasteiger partial charge in [-0.05, 0) is 37.1 Å². The molecule has 0 bridgehead atoms. The summed E-state index contributed by atoms with van der Waals surface area (Å²) in [5.41, 5.74) is 1.74. The molecule has 0 radical (unpaired) electrons. The molecule has 0 heterocycles. The van der Waals surface area contributed by atoms with Gasteiger partial charge in [-0.2, -0.15) is 0 Å². The second-order valence-electron chi connectivity index (χ2n) is 7.51. The molecule has 0 saturated heterocycles. The van der Waals surface area contributed by atoms with E-state index in [1.807, 2.05) is 60.7 Å². The van der Waals surface area contributed by atoms with E-state index in [1.54, 1.807) is 0 Å². The third-order valence-corrected chi connectivity index (χ3v) is 4.92. The third-order valence-electron chi connectivity index (χ3n) is 4.92. The van der Waals surface area contributed by atoms with E-state index in [0.717, 1.165) is 37.1 Å². The van der Waals surface area contributed by atoms with Gasteiger partial charge < -0.3 is 10.6 Å². The van der Waals surface area contributed by atoms with Gasteiger partial charge in [0.2, 0.25) is 11.8 Å². The second-order valence-corrected chi connectivity index (χ2v) is 7.51. The lowest BCUT2D eigenvalue weighted by Gasteiger charge is -2.06. The average molecular weight is 395 g/mol. The normalized spacial score (nSPS) is 10.5. The lowest BCUT2D eigenvalue weighted by atomic mass is 10.1. The number of unbranched alkanes of at least 4 members (excludes halogenated alkanes) is 8. The zero-order valence-corrected chi connectivity index (χ0v) is 17.4. The van der Waals surface area contributed by atoms with Gasteiger partial charge in [0.25, 0.3) is 0 Å². The highest BCUT2D eigenvalue weighted by molar-refractivity contribution is 5.91. The Kier molecular flexibility index (Phi) is 11.2. The van der Waals surface area contributed by atoms with Crippen LogP contribution in [0.3, 0.4) is 0 Å². The molecule has 0 fully saturated rings. The number of hydrogen-bond donors (Lipinski definition) is 2. The highest BCUT2D eigenvalue weighted by Crippen LogP contribution is 2.13. The summed E-state index contributed by atoms with van der Waals surface area (Å²) in [7, 11) is 0. The van der Waals surface area contributed by atoms with Gasteiger partial charge in [-0.15, -0.1) is 0 Å². The number of anilines is 2. The summed E-state index contributed by atoms with van der Waals surface area (Å²) in [5, 5.41) is 5.85. The lowest BCUT2D eigenvalue weighted by molar-refractivity contribution is -0.117. The van der Waals surface area contributed by atoms with Crippen molar-refractivity contribution < 1.29 is 9.59 Å². The predicted octanol–water partition coefficient (Wildman–Crippen LogP) is 6.55. The van der Waals surface area contributed by atoms with Gasteiger partial charge >= 0.3 is 0 Å². The first-order valence-electron chi connectivity index (χ1n) is 10.9. The Labute approximate surface area is 175 Å². The maximum Gasteiger partial charge on any atom is 0.224 e. The van der Waals surface area contributed by atoms with Gasteiger partial charge in [0, 0.05) is 24.2 Å². The molecule has 2 aromatic carbocycles. The number of rotatable bonds is 14. The Morgan fingerprint density at radius 1 is 0.483 bits per heavy atom. The Hall–Kier alpha value is -2.62. The van der Waals surface area contributed by atoms with Crippen molar-refractivity contribution in [1.82, 2.24) is 0 Å².